The molecular formula is C14H15BrN4. The van der Waals surface area contributed by atoms with Crippen LogP contribution in [0.3, 0.4) is 0 Å². The minimum atomic E-state index is 0.721. The normalized spacial score (nSPS) is 13.6. The van der Waals surface area contributed by atoms with Gasteiger partial charge >= 0.3 is 0 Å². The number of fused-ring (bicyclic) bond motifs is 1. The maximum Gasteiger partial charge on any atom is 0.179 e. The Labute approximate surface area is 120 Å². The van der Waals surface area contributed by atoms with Crippen LogP contribution in [-0.4, -0.2) is 15.0 Å². The first-order chi connectivity index (χ1) is 9.29. The molecule has 0 saturated heterocycles. The van der Waals surface area contributed by atoms with Gasteiger partial charge in [0.2, 0.25) is 0 Å². The third-order valence-electron chi connectivity index (χ3n) is 3.23. The van der Waals surface area contributed by atoms with Gasteiger partial charge in [0.25, 0.3) is 0 Å². The van der Waals surface area contributed by atoms with Crippen LogP contribution in [0.4, 0.5) is 0 Å². The second kappa shape index (κ2) is 5.35. The zero-order valence-corrected chi connectivity index (χ0v) is 12.4. The van der Waals surface area contributed by atoms with E-state index in [1.807, 2.05) is 12.1 Å². The molecule has 3 heterocycles. The molecule has 98 valence electrons. The van der Waals surface area contributed by atoms with Gasteiger partial charge in [0.05, 0.1) is 5.69 Å². The van der Waals surface area contributed by atoms with E-state index in [-0.39, 0.29) is 0 Å². The summed E-state index contributed by atoms with van der Waals surface area (Å²) in [6, 6.07) is 3.87. The molecule has 0 spiro atoms. The van der Waals surface area contributed by atoms with Crippen molar-refractivity contribution in [1.82, 2.24) is 20.3 Å². The Morgan fingerprint density at radius 3 is 3.00 bits per heavy atom. The molecule has 0 unspecified atom stereocenters. The van der Waals surface area contributed by atoms with E-state index in [0.29, 0.717) is 0 Å². The van der Waals surface area contributed by atoms with Gasteiger partial charge in [0, 0.05) is 35.0 Å². The van der Waals surface area contributed by atoms with Crippen LogP contribution < -0.4 is 5.32 Å². The molecule has 0 aliphatic carbocycles. The average molecular weight is 319 g/mol. The highest BCUT2D eigenvalue weighted by atomic mass is 79.9. The Kier molecular flexibility index (Phi) is 3.57. The Bertz CT molecular complexity index is 612. The lowest BCUT2D eigenvalue weighted by Gasteiger charge is -2.09. The van der Waals surface area contributed by atoms with Gasteiger partial charge in [0.15, 0.2) is 5.82 Å². The largest absolute Gasteiger partial charge is 0.307 e. The fourth-order valence-corrected chi connectivity index (χ4v) is 2.77. The van der Waals surface area contributed by atoms with Crippen molar-refractivity contribution in [2.75, 3.05) is 0 Å². The molecule has 1 N–H and O–H groups in total. The van der Waals surface area contributed by atoms with Gasteiger partial charge in [0.1, 0.15) is 5.69 Å². The SMILES string of the molecule is CCCc1nc(-c2ncccc2Br)nc2c1CNC2. The molecule has 0 atom stereocenters. The molecule has 3 rings (SSSR count). The molecule has 0 saturated carbocycles. The van der Waals surface area contributed by atoms with Crippen LogP contribution in [0.5, 0.6) is 0 Å². The highest BCUT2D eigenvalue weighted by Crippen LogP contribution is 2.26. The van der Waals surface area contributed by atoms with Crippen LogP contribution in [0, 0.1) is 0 Å². The summed E-state index contributed by atoms with van der Waals surface area (Å²) in [5.74, 6) is 0.721. The monoisotopic (exact) mass is 318 g/mol. The van der Waals surface area contributed by atoms with E-state index in [4.69, 9.17) is 4.98 Å². The molecule has 1 aliphatic rings. The van der Waals surface area contributed by atoms with E-state index in [1.165, 1.54) is 5.56 Å². The van der Waals surface area contributed by atoms with Crippen LogP contribution >= 0.6 is 15.9 Å². The third kappa shape index (κ3) is 2.40. The second-order valence-corrected chi connectivity index (χ2v) is 5.46. The number of halogens is 1. The molecule has 2 aromatic rings. The highest BCUT2D eigenvalue weighted by Gasteiger charge is 2.20. The van der Waals surface area contributed by atoms with E-state index in [9.17, 15) is 0 Å². The smallest absolute Gasteiger partial charge is 0.179 e. The van der Waals surface area contributed by atoms with E-state index < -0.39 is 0 Å². The molecule has 0 fully saturated rings. The first-order valence-electron chi connectivity index (χ1n) is 6.50. The summed E-state index contributed by atoms with van der Waals surface area (Å²) in [5, 5.41) is 3.35. The van der Waals surface area contributed by atoms with Crippen molar-refractivity contribution in [1.29, 1.82) is 0 Å². The van der Waals surface area contributed by atoms with Crippen molar-refractivity contribution in [2.45, 2.75) is 32.9 Å². The van der Waals surface area contributed by atoms with Gasteiger partial charge in [-0.2, -0.15) is 0 Å². The molecule has 0 aromatic carbocycles. The van der Waals surface area contributed by atoms with E-state index in [0.717, 1.165) is 53.3 Å². The number of rotatable bonds is 3. The van der Waals surface area contributed by atoms with E-state index in [2.05, 4.69) is 38.1 Å². The van der Waals surface area contributed by atoms with Gasteiger partial charge in [-0.05, 0) is 34.5 Å². The number of nitrogens with one attached hydrogen (secondary N) is 1. The third-order valence-corrected chi connectivity index (χ3v) is 3.87. The maximum absolute atomic E-state index is 4.72. The fourth-order valence-electron chi connectivity index (χ4n) is 2.34. The quantitative estimate of drug-likeness (QED) is 0.945. The first kappa shape index (κ1) is 12.7. The summed E-state index contributed by atoms with van der Waals surface area (Å²) in [5.41, 5.74) is 4.36. The van der Waals surface area contributed by atoms with Crippen molar-refractivity contribution in [3.8, 4) is 11.5 Å². The molecule has 4 nitrogen and oxygen atoms in total. The van der Waals surface area contributed by atoms with Crippen molar-refractivity contribution >= 4 is 15.9 Å². The summed E-state index contributed by atoms with van der Waals surface area (Å²) in [6.45, 7) is 3.88. The predicted octanol–water partition coefficient (Wildman–Crippen LogP) is 2.86. The van der Waals surface area contributed by atoms with Crippen LogP contribution in [0.2, 0.25) is 0 Å². The lowest BCUT2D eigenvalue weighted by atomic mass is 10.1. The molecule has 0 bridgehead atoms. The van der Waals surface area contributed by atoms with E-state index in [1.54, 1.807) is 6.20 Å². The Balaban J connectivity index is 2.13. The van der Waals surface area contributed by atoms with Gasteiger partial charge in [-0.15, -0.1) is 0 Å². The highest BCUT2D eigenvalue weighted by molar-refractivity contribution is 9.10. The predicted molar refractivity (Wildman–Crippen MR) is 77.5 cm³/mol. The number of aromatic nitrogens is 3. The number of hydrogen-bond acceptors (Lipinski definition) is 4. The number of pyridine rings is 1. The van der Waals surface area contributed by atoms with Crippen molar-refractivity contribution in [3.63, 3.8) is 0 Å². The van der Waals surface area contributed by atoms with Crippen LogP contribution in [0.15, 0.2) is 22.8 Å². The lowest BCUT2D eigenvalue weighted by Crippen LogP contribution is -2.04. The minimum Gasteiger partial charge on any atom is -0.307 e. The number of nitrogens with zero attached hydrogens (tertiary/aromatic N) is 3. The van der Waals surface area contributed by atoms with Gasteiger partial charge in [-0.25, -0.2) is 9.97 Å². The molecule has 1 aliphatic heterocycles. The summed E-state index contributed by atoms with van der Waals surface area (Å²) in [6.07, 6.45) is 3.85. The summed E-state index contributed by atoms with van der Waals surface area (Å²) in [7, 11) is 0. The zero-order valence-electron chi connectivity index (χ0n) is 10.8. The minimum absolute atomic E-state index is 0.721. The van der Waals surface area contributed by atoms with Crippen molar-refractivity contribution < 1.29 is 0 Å². The standard InChI is InChI=1S/C14H15BrN4/c1-2-4-11-9-7-16-8-12(9)19-14(18-11)13-10(15)5-3-6-17-13/h3,5-6,16H,2,4,7-8H2,1H3. The van der Waals surface area contributed by atoms with Crippen molar-refractivity contribution in [2.24, 2.45) is 0 Å². The topological polar surface area (TPSA) is 50.7 Å². The Morgan fingerprint density at radius 2 is 2.21 bits per heavy atom. The lowest BCUT2D eigenvalue weighted by molar-refractivity contribution is 0.753. The van der Waals surface area contributed by atoms with Crippen LogP contribution in [-0.2, 0) is 19.5 Å². The molecule has 2 aromatic heterocycles. The number of aryl methyl sites for hydroxylation is 1. The second-order valence-electron chi connectivity index (χ2n) is 4.61. The summed E-state index contributed by atoms with van der Waals surface area (Å²) >= 11 is 3.52. The summed E-state index contributed by atoms with van der Waals surface area (Å²) in [4.78, 5) is 13.8. The molecule has 5 heteroatoms. The van der Waals surface area contributed by atoms with E-state index >= 15 is 0 Å². The Morgan fingerprint density at radius 1 is 1.32 bits per heavy atom. The molecule has 0 amide bonds. The van der Waals surface area contributed by atoms with Crippen LogP contribution in [0.25, 0.3) is 11.5 Å². The zero-order chi connectivity index (χ0) is 13.2. The Hall–Kier alpha value is -1.33. The number of hydrogen-bond donors (Lipinski definition) is 1. The molecule has 0 radical (unpaired) electrons. The van der Waals surface area contributed by atoms with Gasteiger partial charge in [-0.3, -0.25) is 4.98 Å². The average Bonchev–Trinajstić information content (AvgIpc) is 2.88. The van der Waals surface area contributed by atoms with Gasteiger partial charge in [-0.1, -0.05) is 13.3 Å². The van der Waals surface area contributed by atoms with Gasteiger partial charge < -0.3 is 5.32 Å². The molecular weight excluding hydrogens is 304 g/mol. The molecule has 19 heavy (non-hydrogen) atoms. The summed E-state index contributed by atoms with van der Waals surface area (Å²) < 4.78 is 0.934. The fraction of sp³-hybridized carbons (Fsp3) is 0.357. The van der Waals surface area contributed by atoms with Crippen molar-refractivity contribution in [3.05, 3.63) is 39.8 Å². The van der Waals surface area contributed by atoms with Crippen LogP contribution in [0.1, 0.15) is 30.3 Å². The first-order valence-corrected chi connectivity index (χ1v) is 7.29. The maximum atomic E-state index is 4.72.